The third-order valence-electron chi connectivity index (χ3n) is 6.70. The molecule has 2 aromatic rings. The molecule has 2 rings (SSSR count). The van der Waals surface area contributed by atoms with E-state index in [0.29, 0.717) is 9.79 Å². The van der Waals surface area contributed by atoms with Gasteiger partial charge in [-0.2, -0.15) is 0 Å². The largest absolute Gasteiger partial charge is 0.478 e. The van der Waals surface area contributed by atoms with Gasteiger partial charge in [0.05, 0.1) is 11.1 Å². The van der Waals surface area contributed by atoms with Crippen molar-refractivity contribution in [2.45, 2.75) is 88.9 Å². The van der Waals surface area contributed by atoms with Crippen molar-refractivity contribution in [2.75, 3.05) is 24.6 Å². The molecule has 0 aliphatic carbocycles. The number of carbonyl (C=O) groups is 2. The van der Waals surface area contributed by atoms with Crippen LogP contribution in [0.4, 0.5) is 0 Å². The summed E-state index contributed by atoms with van der Waals surface area (Å²) in [6.07, 6.45) is 18.1. The average Bonchev–Trinajstić information content (AvgIpc) is 2.88. The molecule has 0 saturated carbocycles. The molecule has 0 spiro atoms. The van der Waals surface area contributed by atoms with Crippen LogP contribution in [0.3, 0.4) is 0 Å². The van der Waals surface area contributed by atoms with Crippen molar-refractivity contribution in [3.8, 4) is 0 Å². The van der Waals surface area contributed by atoms with Gasteiger partial charge in [0.2, 0.25) is 0 Å². The Morgan fingerprint density at radius 3 is 1.19 bits per heavy atom. The molecule has 2 aromatic carbocycles. The quantitative estimate of drug-likeness (QED) is 0.210. The van der Waals surface area contributed by atoms with Gasteiger partial charge in [0, 0.05) is 9.79 Å². The van der Waals surface area contributed by atoms with Crippen molar-refractivity contribution in [1.82, 2.24) is 0 Å². The first-order valence-corrected chi connectivity index (χ1v) is 17.3. The minimum Gasteiger partial charge on any atom is -0.478 e. The van der Waals surface area contributed by atoms with E-state index in [1.54, 1.807) is 61.0 Å². The second kappa shape index (κ2) is 18.4. The summed E-state index contributed by atoms with van der Waals surface area (Å²) in [4.78, 5) is 23.2. The molecule has 36 heavy (non-hydrogen) atoms. The third-order valence-corrected chi connectivity index (χ3v) is 13.5. The van der Waals surface area contributed by atoms with Crippen LogP contribution in [0.25, 0.3) is 0 Å². The number of benzene rings is 2. The van der Waals surface area contributed by atoms with Crippen molar-refractivity contribution >= 4 is 31.0 Å². The molecule has 0 aromatic heterocycles. The van der Waals surface area contributed by atoms with Crippen molar-refractivity contribution in [3.63, 3.8) is 0 Å². The Morgan fingerprint density at radius 2 is 0.917 bits per heavy atom. The third kappa shape index (κ3) is 11.5. The summed E-state index contributed by atoms with van der Waals surface area (Å²) in [6, 6.07) is 13.0. The minimum absolute atomic E-state index is 0.160. The fourth-order valence-electron chi connectivity index (χ4n) is 4.54. The SMILES string of the molecule is CCCC[PH](CCCC)(CCCC)CCCC.O=C(O)c1ccccc1Sc1ccccc1C(=O)O. The van der Waals surface area contributed by atoms with Crippen molar-refractivity contribution in [2.24, 2.45) is 0 Å². The molecule has 0 unspecified atom stereocenters. The van der Waals surface area contributed by atoms with Gasteiger partial charge in [-0.3, -0.25) is 0 Å². The van der Waals surface area contributed by atoms with Crippen LogP contribution in [0.5, 0.6) is 0 Å². The molecule has 0 fully saturated rings. The summed E-state index contributed by atoms with van der Waals surface area (Å²) in [6.45, 7) is 9.44. The van der Waals surface area contributed by atoms with Gasteiger partial charge in [0.1, 0.15) is 0 Å². The molecule has 0 heterocycles. The number of carboxylic acids is 2. The van der Waals surface area contributed by atoms with E-state index in [0.717, 1.165) is 11.8 Å². The van der Waals surface area contributed by atoms with Gasteiger partial charge >= 0.3 is 123 Å². The molecule has 2 N–H and O–H groups in total. The van der Waals surface area contributed by atoms with Crippen LogP contribution in [-0.4, -0.2) is 46.8 Å². The van der Waals surface area contributed by atoms with E-state index >= 15 is 0 Å². The van der Waals surface area contributed by atoms with Crippen molar-refractivity contribution < 1.29 is 19.8 Å². The fraction of sp³-hybridized carbons (Fsp3) is 0.533. The van der Waals surface area contributed by atoms with E-state index in [1.807, 2.05) is 0 Å². The molecular formula is C30H47O4PS. The van der Waals surface area contributed by atoms with E-state index in [2.05, 4.69) is 27.7 Å². The van der Waals surface area contributed by atoms with Crippen molar-refractivity contribution in [1.29, 1.82) is 0 Å². The van der Waals surface area contributed by atoms with Crippen LogP contribution in [0.1, 0.15) is 99.8 Å². The number of aromatic carboxylic acids is 2. The van der Waals surface area contributed by atoms with Gasteiger partial charge in [-0.15, -0.1) is 0 Å². The van der Waals surface area contributed by atoms with E-state index in [-0.39, 0.29) is 11.1 Å². The first-order valence-electron chi connectivity index (χ1n) is 13.7. The van der Waals surface area contributed by atoms with Crippen LogP contribution >= 0.6 is 19.0 Å². The Hall–Kier alpha value is -1.84. The molecule has 0 aliphatic rings. The number of hydrogen-bond donors (Lipinski definition) is 2. The number of hydrogen-bond acceptors (Lipinski definition) is 3. The van der Waals surface area contributed by atoms with Crippen LogP contribution in [0, 0.1) is 0 Å². The van der Waals surface area contributed by atoms with Crippen LogP contribution < -0.4 is 0 Å². The Balaban J connectivity index is 0.000000363. The van der Waals surface area contributed by atoms with Crippen LogP contribution in [0.2, 0.25) is 0 Å². The molecule has 0 atom stereocenters. The standard InChI is InChI=1S/C16H37P.C14H10O4S/c1-5-9-13-17(14-10-6-2,15-11-7-3)16-12-8-4;15-13(16)9-5-1-3-7-11(9)19-12-8-4-2-6-10(12)14(17)18/h17H,5-16H2,1-4H3;1-8H,(H,15,16)(H,17,18). The zero-order valence-electron chi connectivity index (χ0n) is 22.7. The molecular weight excluding hydrogens is 487 g/mol. The Bertz CT molecular complexity index is 822. The van der Waals surface area contributed by atoms with Crippen molar-refractivity contribution in [3.05, 3.63) is 59.7 Å². The van der Waals surface area contributed by atoms with Crippen LogP contribution in [0.15, 0.2) is 58.3 Å². The second-order valence-electron chi connectivity index (χ2n) is 9.62. The van der Waals surface area contributed by atoms with E-state index in [4.69, 9.17) is 10.2 Å². The summed E-state index contributed by atoms with van der Waals surface area (Å²) in [7, 11) is -0.879. The molecule has 0 radical (unpaired) electrons. The summed E-state index contributed by atoms with van der Waals surface area (Å²) in [5.74, 6) is -2.06. The number of unbranched alkanes of at least 4 members (excludes halogenated alkanes) is 4. The normalized spacial score (nSPS) is 11.4. The second-order valence-corrected chi connectivity index (χ2v) is 15.7. The fourth-order valence-corrected chi connectivity index (χ4v) is 11.5. The van der Waals surface area contributed by atoms with E-state index in [1.165, 1.54) is 63.5 Å². The molecule has 202 valence electrons. The summed E-state index contributed by atoms with van der Waals surface area (Å²) < 4.78 is 0. The maximum Gasteiger partial charge on any atom is 0.336 e. The summed E-state index contributed by atoms with van der Waals surface area (Å²) in [5.41, 5.74) is 0.320. The molecule has 4 nitrogen and oxygen atoms in total. The first kappa shape index (κ1) is 32.2. The first-order chi connectivity index (χ1) is 17.3. The summed E-state index contributed by atoms with van der Waals surface area (Å²) in [5, 5.41) is 18.2. The van der Waals surface area contributed by atoms with Gasteiger partial charge in [0.15, 0.2) is 0 Å². The smallest absolute Gasteiger partial charge is 0.336 e. The molecule has 0 aliphatic heterocycles. The number of rotatable bonds is 16. The maximum absolute atomic E-state index is 11.1. The topological polar surface area (TPSA) is 74.6 Å². The zero-order valence-corrected chi connectivity index (χ0v) is 24.5. The summed E-state index contributed by atoms with van der Waals surface area (Å²) >= 11 is 1.14. The van der Waals surface area contributed by atoms with E-state index < -0.39 is 19.2 Å². The monoisotopic (exact) mass is 534 g/mol. The molecule has 0 amide bonds. The van der Waals surface area contributed by atoms with Gasteiger partial charge < -0.3 is 10.2 Å². The van der Waals surface area contributed by atoms with Gasteiger partial charge in [-0.1, -0.05) is 36.0 Å². The zero-order chi connectivity index (χ0) is 26.8. The minimum atomic E-state index is -1.03. The maximum atomic E-state index is 11.1. The Kier molecular flexibility index (Phi) is 16.5. The van der Waals surface area contributed by atoms with E-state index in [9.17, 15) is 9.59 Å². The van der Waals surface area contributed by atoms with Gasteiger partial charge in [0.25, 0.3) is 0 Å². The molecule has 0 saturated heterocycles. The Morgan fingerprint density at radius 1 is 0.611 bits per heavy atom. The van der Waals surface area contributed by atoms with Gasteiger partial charge in [-0.05, 0) is 24.3 Å². The average molecular weight is 535 g/mol. The predicted molar refractivity (Wildman–Crippen MR) is 158 cm³/mol. The molecule has 6 heteroatoms. The van der Waals surface area contributed by atoms with Gasteiger partial charge in [-0.25, -0.2) is 9.59 Å². The predicted octanol–water partition coefficient (Wildman–Crippen LogP) is 9.17. The van der Waals surface area contributed by atoms with Crippen LogP contribution in [-0.2, 0) is 0 Å². The Labute approximate surface area is 223 Å². The number of carboxylic acid groups (broad SMARTS) is 2. The molecule has 0 bridgehead atoms.